The number of rotatable bonds is 4. The Morgan fingerprint density at radius 2 is 1.55 bits per heavy atom. The smallest absolute Gasteiger partial charge is 0.398 e. The van der Waals surface area contributed by atoms with E-state index >= 15 is 0 Å². The summed E-state index contributed by atoms with van der Waals surface area (Å²) in [5, 5.41) is 0. The van der Waals surface area contributed by atoms with E-state index in [1.54, 1.807) is 20.3 Å². The lowest BCUT2D eigenvalue weighted by Crippen LogP contribution is -2.46. The third-order valence-electron chi connectivity index (χ3n) is 4.76. The predicted octanol–water partition coefficient (Wildman–Crippen LogP) is 2.87. The Labute approximate surface area is 120 Å². The molecule has 6 heteroatoms. The van der Waals surface area contributed by atoms with Crippen LogP contribution < -0.4 is 0 Å². The molecule has 2 rings (SSSR count). The average Bonchev–Trinajstić information content (AvgIpc) is 2.52. The molecule has 1 saturated heterocycles. The Kier molecular flexibility index (Phi) is 4.06. The van der Waals surface area contributed by atoms with E-state index in [0.29, 0.717) is 12.8 Å². The molecule has 2 aliphatic rings. The highest BCUT2D eigenvalue weighted by atomic mass is 19.1. The van der Waals surface area contributed by atoms with Crippen LogP contribution in [0.2, 0.25) is 0 Å². The lowest BCUT2D eigenvalue weighted by atomic mass is 9.75. The zero-order valence-electron chi connectivity index (χ0n) is 13.2. The van der Waals surface area contributed by atoms with Crippen molar-refractivity contribution in [3.63, 3.8) is 0 Å². The number of hydrogen-bond acceptors (Lipinski definition) is 4. The third-order valence-corrected chi connectivity index (χ3v) is 4.76. The first kappa shape index (κ1) is 16.0. The van der Waals surface area contributed by atoms with Crippen LogP contribution in [0.5, 0.6) is 0 Å². The van der Waals surface area contributed by atoms with E-state index in [1.807, 2.05) is 27.7 Å². The predicted molar refractivity (Wildman–Crippen MR) is 74.7 cm³/mol. The third kappa shape index (κ3) is 2.66. The summed E-state index contributed by atoms with van der Waals surface area (Å²) in [6.45, 7) is 7.63. The Hall–Kier alpha value is -0.425. The first-order valence-corrected chi connectivity index (χ1v) is 6.98. The minimum atomic E-state index is -0.917. The van der Waals surface area contributed by atoms with Crippen LogP contribution in [0.15, 0.2) is 11.8 Å². The molecule has 0 bridgehead atoms. The van der Waals surface area contributed by atoms with Crippen LogP contribution in [0.25, 0.3) is 0 Å². The summed E-state index contributed by atoms with van der Waals surface area (Å²) in [6, 6.07) is 0. The van der Waals surface area contributed by atoms with Crippen LogP contribution in [-0.4, -0.2) is 38.3 Å². The van der Waals surface area contributed by atoms with Crippen molar-refractivity contribution in [2.24, 2.45) is 5.92 Å². The van der Waals surface area contributed by atoms with Crippen molar-refractivity contribution in [2.75, 3.05) is 14.2 Å². The van der Waals surface area contributed by atoms with Crippen LogP contribution in [0.1, 0.15) is 40.5 Å². The van der Waals surface area contributed by atoms with Crippen molar-refractivity contribution in [1.82, 2.24) is 0 Å². The molecule has 2 fully saturated rings. The van der Waals surface area contributed by atoms with Gasteiger partial charge in [-0.1, -0.05) is 6.08 Å². The molecule has 1 saturated carbocycles. The highest BCUT2D eigenvalue weighted by Gasteiger charge is 2.53. The second-order valence-corrected chi connectivity index (χ2v) is 6.63. The summed E-state index contributed by atoms with van der Waals surface area (Å²) in [5.41, 5.74) is -1.41. The minimum Gasteiger partial charge on any atom is -0.398 e. The fourth-order valence-electron chi connectivity index (χ4n) is 2.53. The van der Waals surface area contributed by atoms with Crippen LogP contribution in [-0.2, 0) is 18.8 Å². The molecule has 1 aliphatic carbocycles. The number of methoxy groups -OCH3 is 2. The van der Waals surface area contributed by atoms with Gasteiger partial charge < -0.3 is 18.8 Å². The Morgan fingerprint density at radius 3 is 1.95 bits per heavy atom. The molecule has 1 aliphatic heterocycles. The van der Waals surface area contributed by atoms with Crippen molar-refractivity contribution in [3.8, 4) is 0 Å². The van der Waals surface area contributed by atoms with Crippen LogP contribution in [0.3, 0.4) is 0 Å². The normalized spacial score (nSPS) is 28.6. The van der Waals surface area contributed by atoms with Gasteiger partial charge >= 0.3 is 7.12 Å². The molecular weight excluding hydrogens is 262 g/mol. The molecule has 0 N–H and O–H groups in total. The summed E-state index contributed by atoms with van der Waals surface area (Å²) in [7, 11) is 2.29. The maximum absolute atomic E-state index is 14.3. The van der Waals surface area contributed by atoms with Crippen LogP contribution in [0.4, 0.5) is 4.39 Å². The largest absolute Gasteiger partial charge is 0.524 e. The SMILES string of the molecule is COC1(OC)CC(C=C(F)B2OC(C)(C)C(C)(C)O2)C1. The van der Waals surface area contributed by atoms with Crippen LogP contribution >= 0.6 is 0 Å². The van der Waals surface area contributed by atoms with Gasteiger partial charge in [0.2, 0.25) is 0 Å². The van der Waals surface area contributed by atoms with E-state index in [9.17, 15) is 4.39 Å². The topological polar surface area (TPSA) is 36.9 Å². The lowest BCUT2D eigenvalue weighted by molar-refractivity contribution is -0.263. The molecule has 1 heterocycles. The van der Waals surface area contributed by atoms with Gasteiger partial charge in [-0.2, -0.15) is 0 Å². The van der Waals surface area contributed by atoms with Gasteiger partial charge in [-0.05, 0) is 33.6 Å². The van der Waals surface area contributed by atoms with Crippen molar-refractivity contribution in [2.45, 2.75) is 57.5 Å². The molecule has 0 atom stereocenters. The van der Waals surface area contributed by atoms with Gasteiger partial charge in [0, 0.05) is 27.1 Å². The van der Waals surface area contributed by atoms with Gasteiger partial charge in [0.1, 0.15) is 5.73 Å². The molecule has 0 radical (unpaired) electrons. The molecule has 4 nitrogen and oxygen atoms in total. The highest BCUT2D eigenvalue weighted by molar-refractivity contribution is 6.53. The van der Waals surface area contributed by atoms with E-state index < -0.39 is 24.1 Å². The molecule has 0 amide bonds. The summed E-state index contributed by atoms with van der Waals surface area (Å²) >= 11 is 0. The summed E-state index contributed by atoms with van der Waals surface area (Å²) in [6.07, 6.45) is 2.86. The van der Waals surface area contributed by atoms with E-state index in [1.165, 1.54) is 0 Å². The zero-order chi connectivity index (χ0) is 15.2. The Morgan fingerprint density at radius 1 is 1.10 bits per heavy atom. The molecular formula is C14H24BFO4. The maximum atomic E-state index is 14.3. The average molecular weight is 286 g/mol. The van der Waals surface area contributed by atoms with Crippen molar-refractivity contribution < 1.29 is 23.2 Å². The molecule has 0 unspecified atom stereocenters. The molecule has 0 aromatic heterocycles. The molecule has 0 spiro atoms. The van der Waals surface area contributed by atoms with E-state index in [2.05, 4.69) is 0 Å². The number of hydrogen-bond donors (Lipinski definition) is 0. The lowest BCUT2D eigenvalue weighted by Gasteiger charge is -2.44. The van der Waals surface area contributed by atoms with Gasteiger partial charge in [0.05, 0.1) is 11.2 Å². The fourth-order valence-corrected chi connectivity index (χ4v) is 2.53. The molecule has 114 valence electrons. The second-order valence-electron chi connectivity index (χ2n) is 6.63. The van der Waals surface area contributed by atoms with Crippen molar-refractivity contribution >= 4 is 7.12 Å². The second kappa shape index (κ2) is 5.09. The van der Waals surface area contributed by atoms with Gasteiger partial charge in [-0.15, -0.1) is 0 Å². The number of halogens is 1. The maximum Gasteiger partial charge on any atom is 0.524 e. The Bertz CT molecular complexity index is 380. The summed E-state index contributed by atoms with van der Waals surface area (Å²) < 4.78 is 36.2. The van der Waals surface area contributed by atoms with Crippen molar-refractivity contribution in [1.29, 1.82) is 0 Å². The summed E-state index contributed by atoms with van der Waals surface area (Å²) in [5.74, 6) is -0.467. The highest BCUT2D eigenvalue weighted by Crippen LogP contribution is 2.44. The quantitative estimate of drug-likeness (QED) is 0.588. The fraction of sp³-hybridized carbons (Fsp3) is 0.857. The van der Waals surface area contributed by atoms with Crippen LogP contribution in [0, 0.1) is 5.92 Å². The molecule has 0 aromatic rings. The van der Waals surface area contributed by atoms with E-state index in [0.717, 1.165) is 0 Å². The summed E-state index contributed by atoms with van der Waals surface area (Å²) in [4.78, 5) is 0. The number of allylic oxidation sites excluding steroid dienone is 1. The minimum absolute atomic E-state index is 0.0916. The van der Waals surface area contributed by atoms with Gasteiger partial charge in [0.15, 0.2) is 5.79 Å². The van der Waals surface area contributed by atoms with Gasteiger partial charge in [-0.3, -0.25) is 0 Å². The van der Waals surface area contributed by atoms with E-state index in [-0.39, 0.29) is 11.6 Å². The monoisotopic (exact) mass is 286 g/mol. The van der Waals surface area contributed by atoms with Crippen molar-refractivity contribution in [3.05, 3.63) is 11.8 Å². The first-order chi connectivity index (χ1) is 9.15. The van der Waals surface area contributed by atoms with Gasteiger partial charge in [0.25, 0.3) is 0 Å². The van der Waals surface area contributed by atoms with E-state index in [4.69, 9.17) is 18.8 Å². The number of ether oxygens (including phenoxy) is 2. The standard InChI is InChI=1S/C14H24BFO4/c1-12(2)13(3,4)20-15(19-12)11(16)7-10-8-14(9-10,17-5)18-6/h7,10H,8-9H2,1-6H3. The zero-order valence-corrected chi connectivity index (χ0v) is 13.2. The molecule has 20 heavy (non-hydrogen) atoms. The Balaban J connectivity index is 1.97. The van der Waals surface area contributed by atoms with Gasteiger partial charge in [-0.25, -0.2) is 4.39 Å². The molecule has 0 aromatic carbocycles. The first-order valence-electron chi connectivity index (χ1n) is 6.98.